The normalized spacial score (nSPS) is 12.9. The Morgan fingerprint density at radius 2 is 1.96 bits per heavy atom. The van der Waals surface area contributed by atoms with Crippen molar-refractivity contribution in [3.05, 3.63) is 51.6 Å². The standard InChI is InChI=1S/C15H16Cl2N2O3S/c1-3-13(20)12-5-4-6-15(18-12)19-23(21,22)14-7-9(2)10(16)8-11(14)17/h4-8,13,20H,3H2,1-2H3,(H,18,19)/t13-/m1/s1. The highest BCUT2D eigenvalue weighted by atomic mass is 35.5. The molecule has 124 valence electrons. The van der Waals surface area contributed by atoms with Gasteiger partial charge >= 0.3 is 0 Å². The number of halogens is 2. The third kappa shape index (κ3) is 4.14. The lowest BCUT2D eigenvalue weighted by Crippen LogP contribution is -2.15. The molecule has 0 saturated carbocycles. The molecule has 0 aliphatic carbocycles. The summed E-state index contributed by atoms with van der Waals surface area (Å²) in [4.78, 5) is 4.04. The van der Waals surface area contributed by atoms with Gasteiger partial charge in [-0.15, -0.1) is 0 Å². The van der Waals surface area contributed by atoms with Crippen molar-refractivity contribution in [3.63, 3.8) is 0 Å². The summed E-state index contributed by atoms with van der Waals surface area (Å²) < 4.78 is 27.4. The van der Waals surface area contributed by atoms with Gasteiger partial charge in [0.2, 0.25) is 0 Å². The summed E-state index contributed by atoms with van der Waals surface area (Å²) in [5, 5.41) is 10.2. The van der Waals surface area contributed by atoms with Crippen LogP contribution in [-0.2, 0) is 10.0 Å². The Morgan fingerprint density at radius 3 is 2.61 bits per heavy atom. The molecule has 0 radical (unpaired) electrons. The molecular weight excluding hydrogens is 359 g/mol. The van der Waals surface area contributed by atoms with E-state index in [9.17, 15) is 13.5 Å². The molecule has 2 aromatic rings. The quantitative estimate of drug-likeness (QED) is 0.830. The Hall–Kier alpha value is -1.34. The smallest absolute Gasteiger partial charge is 0.264 e. The van der Waals surface area contributed by atoms with Crippen molar-refractivity contribution >= 4 is 39.0 Å². The second kappa shape index (κ2) is 7.05. The molecule has 1 atom stereocenters. The lowest BCUT2D eigenvalue weighted by atomic mass is 10.2. The Balaban J connectivity index is 2.37. The number of hydrogen-bond acceptors (Lipinski definition) is 4. The fourth-order valence-corrected chi connectivity index (χ4v) is 3.77. The summed E-state index contributed by atoms with van der Waals surface area (Å²) in [5.74, 6) is 0.110. The van der Waals surface area contributed by atoms with Crippen molar-refractivity contribution in [1.29, 1.82) is 0 Å². The lowest BCUT2D eigenvalue weighted by Gasteiger charge is -2.12. The first-order chi connectivity index (χ1) is 10.7. The number of anilines is 1. The van der Waals surface area contributed by atoms with Crippen molar-refractivity contribution < 1.29 is 13.5 Å². The van der Waals surface area contributed by atoms with Crippen molar-refractivity contribution in [2.45, 2.75) is 31.3 Å². The van der Waals surface area contributed by atoms with Gasteiger partial charge in [-0.05, 0) is 43.2 Å². The molecular formula is C15H16Cl2N2O3S. The summed E-state index contributed by atoms with van der Waals surface area (Å²) in [6, 6.07) is 7.54. The predicted octanol–water partition coefficient (Wildman–Crippen LogP) is 3.94. The third-order valence-electron chi connectivity index (χ3n) is 3.24. The SMILES string of the molecule is CC[C@@H](O)c1cccc(NS(=O)(=O)c2cc(C)c(Cl)cc2Cl)n1. The average Bonchev–Trinajstić information content (AvgIpc) is 2.49. The second-order valence-electron chi connectivity index (χ2n) is 5.01. The maximum Gasteiger partial charge on any atom is 0.264 e. The molecule has 2 rings (SSSR count). The van der Waals surface area contributed by atoms with E-state index in [0.717, 1.165) is 0 Å². The van der Waals surface area contributed by atoms with Gasteiger partial charge in [-0.25, -0.2) is 13.4 Å². The molecule has 23 heavy (non-hydrogen) atoms. The maximum atomic E-state index is 12.5. The summed E-state index contributed by atoms with van der Waals surface area (Å²) in [6.45, 7) is 3.49. The molecule has 0 aliphatic heterocycles. The highest BCUT2D eigenvalue weighted by Gasteiger charge is 2.20. The van der Waals surface area contributed by atoms with Gasteiger partial charge in [0.1, 0.15) is 10.7 Å². The Bertz CT molecular complexity index is 825. The van der Waals surface area contributed by atoms with Crippen LogP contribution in [0, 0.1) is 6.92 Å². The van der Waals surface area contributed by atoms with E-state index in [-0.39, 0.29) is 15.7 Å². The van der Waals surface area contributed by atoms with E-state index in [1.54, 1.807) is 26.0 Å². The number of pyridine rings is 1. The van der Waals surface area contributed by atoms with Crippen molar-refractivity contribution in [2.75, 3.05) is 4.72 Å². The molecule has 1 heterocycles. The number of aliphatic hydroxyl groups is 1. The Labute approximate surface area is 145 Å². The molecule has 5 nitrogen and oxygen atoms in total. The van der Waals surface area contributed by atoms with Crippen LogP contribution in [0.5, 0.6) is 0 Å². The van der Waals surface area contributed by atoms with Crippen LogP contribution in [0.3, 0.4) is 0 Å². The molecule has 0 saturated heterocycles. The van der Waals surface area contributed by atoms with Crippen molar-refractivity contribution in [3.8, 4) is 0 Å². The molecule has 8 heteroatoms. The van der Waals surface area contributed by atoms with Crippen LogP contribution in [0.15, 0.2) is 35.2 Å². The fraction of sp³-hybridized carbons (Fsp3) is 0.267. The molecule has 1 aromatic carbocycles. The minimum atomic E-state index is -3.92. The van der Waals surface area contributed by atoms with E-state index in [2.05, 4.69) is 9.71 Å². The number of nitrogens with one attached hydrogen (secondary N) is 1. The van der Waals surface area contributed by atoms with E-state index < -0.39 is 16.1 Å². The minimum absolute atomic E-state index is 0.0258. The van der Waals surface area contributed by atoms with E-state index >= 15 is 0 Å². The number of hydrogen-bond donors (Lipinski definition) is 2. The maximum absolute atomic E-state index is 12.5. The van der Waals surface area contributed by atoms with E-state index in [4.69, 9.17) is 23.2 Å². The zero-order valence-electron chi connectivity index (χ0n) is 12.5. The molecule has 0 amide bonds. The summed E-state index contributed by atoms with van der Waals surface area (Å²) in [6.07, 6.45) is -0.272. The van der Waals surface area contributed by atoms with Gasteiger partial charge in [0.15, 0.2) is 0 Å². The molecule has 0 spiro atoms. The average molecular weight is 375 g/mol. The number of rotatable bonds is 5. The van der Waals surface area contributed by atoms with Crippen LogP contribution in [0.25, 0.3) is 0 Å². The van der Waals surface area contributed by atoms with Crippen molar-refractivity contribution in [1.82, 2.24) is 4.98 Å². The van der Waals surface area contributed by atoms with E-state index in [0.29, 0.717) is 22.7 Å². The topological polar surface area (TPSA) is 79.3 Å². The molecule has 0 unspecified atom stereocenters. The Kier molecular flexibility index (Phi) is 5.52. The first kappa shape index (κ1) is 18.0. The minimum Gasteiger partial charge on any atom is -0.387 e. The second-order valence-corrected chi connectivity index (χ2v) is 7.47. The summed E-state index contributed by atoms with van der Waals surface area (Å²) in [5.41, 5.74) is 0.991. The molecule has 0 aliphatic rings. The fourth-order valence-electron chi connectivity index (χ4n) is 1.93. The Morgan fingerprint density at radius 1 is 1.26 bits per heavy atom. The van der Waals surface area contributed by atoms with Crippen LogP contribution < -0.4 is 4.72 Å². The van der Waals surface area contributed by atoms with Gasteiger partial charge in [-0.2, -0.15) is 0 Å². The van der Waals surface area contributed by atoms with Gasteiger partial charge in [-0.3, -0.25) is 4.72 Å². The van der Waals surface area contributed by atoms with E-state index in [1.165, 1.54) is 18.2 Å². The van der Waals surface area contributed by atoms with Crippen LogP contribution in [0.2, 0.25) is 10.0 Å². The van der Waals surface area contributed by atoms with Gasteiger partial charge in [0, 0.05) is 5.02 Å². The van der Waals surface area contributed by atoms with Gasteiger partial charge in [0.05, 0.1) is 16.8 Å². The predicted molar refractivity (Wildman–Crippen MR) is 91.5 cm³/mol. The number of sulfonamides is 1. The molecule has 0 bridgehead atoms. The van der Waals surface area contributed by atoms with Crippen LogP contribution in [-0.4, -0.2) is 18.5 Å². The van der Waals surface area contributed by atoms with Crippen LogP contribution in [0.1, 0.15) is 30.7 Å². The summed E-state index contributed by atoms with van der Waals surface area (Å²) >= 11 is 11.9. The van der Waals surface area contributed by atoms with Crippen LogP contribution >= 0.6 is 23.2 Å². The monoisotopic (exact) mass is 374 g/mol. The highest BCUT2D eigenvalue weighted by molar-refractivity contribution is 7.92. The zero-order chi connectivity index (χ0) is 17.2. The molecule has 1 aromatic heterocycles. The first-order valence-electron chi connectivity index (χ1n) is 6.88. The number of aliphatic hydroxyl groups excluding tert-OH is 1. The number of aromatic nitrogens is 1. The van der Waals surface area contributed by atoms with Gasteiger partial charge in [-0.1, -0.05) is 36.2 Å². The van der Waals surface area contributed by atoms with E-state index in [1.807, 2.05) is 0 Å². The van der Waals surface area contributed by atoms with Gasteiger partial charge in [0.25, 0.3) is 10.0 Å². The first-order valence-corrected chi connectivity index (χ1v) is 9.12. The number of benzene rings is 1. The third-order valence-corrected chi connectivity index (χ3v) is 5.47. The van der Waals surface area contributed by atoms with Crippen molar-refractivity contribution in [2.24, 2.45) is 0 Å². The molecule has 2 N–H and O–H groups in total. The number of aryl methyl sites for hydroxylation is 1. The summed E-state index contributed by atoms with van der Waals surface area (Å²) in [7, 11) is -3.92. The lowest BCUT2D eigenvalue weighted by molar-refractivity contribution is 0.169. The van der Waals surface area contributed by atoms with Gasteiger partial charge < -0.3 is 5.11 Å². The zero-order valence-corrected chi connectivity index (χ0v) is 14.9. The number of nitrogens with zero attached hydrogens (tertiary/aromatic N) is 1. The largest absolute Gasteiger partial charge is 0.387 e. The van der Waals surface area contributed by atoms with Crippen LogP contribution in [0.4, 0.5) is 5.82 Å². The highest BCUT2D eigenvalue weighted by Crippen LogP contribution is 2.29. The molecule has 0 fully saturated rings.